The van der Waals surface area contributed by atoms with Gasteiger partial charge in [0.15, 0.2) is 0 Å². The van der Waals surface area contributed by atoms with E-state index >= 15 is 0 Å². The predicted octanol–water partition coefficient (Wildman–Crippen LogP) is 2.97. The maximum absolute atomic E-state index is 5.78. The maximum Gasteiger partial charge on any atom is 0.0705 e. The van der Waals surface area contributed by atoms with E-state index < -0.39 is 0 Å². The molecular formula is C15H19ClN2O. The summed E-state index contributed by atoms with van der Waals surface area (Å²) in [5.74, 6) is 0.631. The first-order chi connectivity index (χ1) is 9.33. The Morgan fingerprint density at radius 1 is 1.26 bits per heavy atom. The van der Waals surface area contributed by atoms with Crippen molar-refractivity contribution in [3.05, 3.63) is 42.1 Å². The van der Waals surface area contributed by atoms with E-state index in [1.165, 1.54) is 5.39 Å². The van der Waals surface area contributed by atoms with E-state index in [1.807, 2.05) is 18.2 Å². The van der Waals surface area contributed by atoms with Crippen molar-refractivity contribution in [1.29, 1.82) is 0 Å². The van der Waals surface area contributed by atoms with E-state index in [0.717, 1.165) is 24.2 Å². The van der Waals surface area contributed by atoms with Gasteiger partial charge < -0.3 is 10.1 Å². The van der Waals surface area contributed by atoms with Gasteiger partial charge in [-0.2, -0.15) is 0 Å². The molecule has 0 bridgehead atoms. The lowest BCUT2D eigenvalue weighted by molar-refractivity contribution is 0.164. The van der Waals surface area contributed by atoms with Gasteiger partial charge in [0.05, 0.1) is 17.8 Å². The van der Waals surface area contributed by atoms with Gasteiger partial charge in [-0.3, -0.25) is 4.98 Å². The Morgan fingerprint density at radius 3 is 2.89 bits per heavy atom. The van der Waals surface area contributed by atoms with Gasteiger partial charge in [0.2, 0.25) is 0 Å². The molecule has 3 nitrogen and oxygen atoms in total. The Bertz CT molecular complexity index is 512. The quantitative estimate of drug-likeness (QED) is 0.791. The summed E-state index contributed by atoms with van der Waals surface area (Å²) in [7, 11) is 1.71. The molecule has 1 heterocycles. The van der Waals surface area contributed by atoms with Crippen molar-refractivity contribution in [2.24, 2.45) is 0 Å². The number of nitrogens with one attached hydrogen (secondary N) is 1. The maximum atomic E-state index is 5.78. The zero-order chi connectivity index (χ0) is 13.5. The third-order valence-corrected chi connectivity index (χ3v) is 3.27. The van der Waals surface area contributed by atoms with Crippen molar-refractivity contribution in [3.63, 3.8) is 0 Å². The molecule has 1 N–H and O–H groups in total. The van der Waals surface area contributed by atoms with Crippen LogP contribution in [0.3, 0.4) is 0 Å². The number of fused-ring (bicyclic) bond motifs is 1. The van der Waals surface area contributed by atoms with Crippen molar-refractivity contribution >= 4 is 22.5 Å². The monoisotopic (exact) mass is 278 g/mol. The Labute approximate surface area is 118 Å². The molecule has 0 aliphatic carbocycles. The van der Waals surface area contributed by atoms with Crippen molar-refractivity contribution in [2.45, 2.75) is 19.0 Å². The number of aromatic nitrogens is 1. The summed E-state index contributed by atoms with van der Waals surface area (Å²) in [6.45, 7) is 1.40. The molecule has 1 unspecified atom stereocenters. The molecule has 0 radical (unpaired) electrons. The largest absolute Gasteiger partial charge is 0.383 e. The standard InChI is InChI=1S/C15H19ClN2O/c1-19-11-14(8-9-16)17-10-13-7-6-12-4-2-3-5-15(12)18-13/h2-7,14,17H,8-11H2,1H3. The zero-order valence-electron chi connectivity index (χ0n) is 11.1. The van der Waals surface area contributed by atoms with E-state index in [-0.39, 0.29) is 6.04 Å². The minimum Gasteiger partial charge on any atom is -0.383 e. The summed E-state index contributed by atoms with van der Waals surface area (Å²) in [5.41, 5.74) is 2.07. The van der Waals surface area contributed by atoms with E-state index in [9.17, 15) is 0 Å². The number of methoxy groups -OCH3 is 1. The highest BCUT2D eigenvalue weighted by molar-refractivity contribution is 6.17. The van der Waals surface area contributed by atoms with Crippen LogP contribution < -0.4 is 5.32 Å². The van der Waals surface area contributed by atoms with E-state index in [2.05, 4.69) is 28.5 Å². The average molecular weight is 279 g/mol. The second kappa shape index (κ2) is 7.43. The van der Waals surface area contributed by atoms with Crippen LogP contribution in [0.15, 0.2) is 36.4 Å². The number of para-hydroxylation sites is 1. The molecule has 0 spiro atoms. The number of halogens is 1. The van der Waals surface area contributed by atoms with Crippen LogP contribution in [0.4, 0.5) is 0 Å². The van der Waals surface area contributed by atoms with Crippen molar-refractivity contribution < 1.29 is 4.74 Å². The predicted molar refractivity (Wildman–Crippen MR) is 79.6 cm³/mol. The van der Waals surface area contributed by atoms with E-state index in [0.29, 0.717) is 12.5 Å². The van der Waals surface area contributed by atoms with Gasteiger partial charge in [-0.1, -0.05) is 24.3 Å². The van der Waals surface area contributed by atoms with Gasteiger partial charge >= 0.3 is 0 Å². The smallest absolute Gasteiger partial charge is 0.0705 e. The molecule has 4 heteroatoms. The third-order valence-electron chi connectivity index (χ3n) is 3.05. The van der Waals surface area contributed by atoms with Crippen molar-refractivity contribution in [2.75, 3.05) is 19.6 Å². The molecule has 1 atom stereocenters. The fourth-order valence-corrected chi connectivity index (χ4v) is 2.30. The highest BCUT2D eigenvalue weighted by atomic mass is 35.5. The van der Waals surface area contributed by atoms with Crippen LogP contribution in [-0.2, 0) is 11.3 Å². The molecule has 0 amide bonds. The van der Waals surface area contributed by atoms with Gasteiger partial charge in [0, 0.05) is 31.0 Å². The fourth-order valence-electron chi connectivity index (χ4n) is 2.03. The third kappa shape index (κ3) is 4.16. The van der Waals surface area contributed by atoms with Crippen molar-refractivity contribution in [1.82, 2.24) is 10.3 Å². The Morgan fingerprint density at radius 2 is 2.11 bits per heavy atom. The van der Waals surface area contributed by atoms with Crippen LogP contribution in [0.25, 0.3) is 10.9 Å². The number of hydrogen-bond acceptors (Lipinski definition) is 3. The topological polar surface area (TPSA) is 34.1 Å². The first kappa shape index (κ1) is 14.3. The first-order valence-electron chi connectivity index (χ1n) is 6.46. The normalized spacial score (nSPS) is 12.7. The van der Waals surface area contributed by atoms with Crippen LogP contribution in [0, 0.1) is 0 Å². The first-order valence-corrected chi connectivity index (χ1v) is 7.00. The fraction of sp³-hybridized carbons (Fsp3) is 0.400. The van der Waals surface area contributed by atoms with Crippen LogP contribution in [0.5, 0.6) is 0 Å². The van der Waals surface area contributed by atoms with E-state index in [4.69, 9.17) is 16.3 Å². The van der Waals surface area contributed by atoms with Crippen LogP contribution in [0.2, 0.25) is 0 Å². The summed E-state index contributed by atoms with van der Waals surface area (Å²) < 4.78 is 5.17. The molecule has 0 saturated carbocycles. The molecule has 2 rings (SSSR count). The molecule has 1 aromatic carbocycles. The van der Waals surface area contributed by atoms with Crippen LogP contribution in [0.1, 0.15) is 12.1 Å². The molecule has 0 aliphatic rings. The number of benzene rings is 1. The number of hydrogen-bond donors (Lipinski definition) is 1. The second-order valence-electron chi connectivity index (χ2n) is 4.51. The number of ether oxygens (including phenoxy) is 1. The average Bonchev–Trinajstić information content (AvgIpc) is 2.45. The molecule has 0 fully saturated rings. The molecular weight excluding hydrogens is 260 g/mol. The highest BCUT2D eigenvalue weighted by Crippen LogP contribution is 2.11. The van der Waals surface area contributed by atoms with Gasteiger partial charge in [-0.05, 0) is 18.6 Å². The van der Waals surface area contributed by atoms with Crippen molar-refractivity contribution in [3.8, 4) is 0 Å². The molecule has 0 saturated heterocycles. The highest BCUT2D eigenvalue weighted by Gasteiger charge is 2.07. The number of rotatable bonds is 7. The number of alkyl halides is 1. The molecule has 19 heavy (non-hydrogen) atoms. The SMILES string of the molecule is COCC(CCCl)NCc1ccc2ccccc2n1. The second-order valence-corrected chi connectivity index (χ2v) is 4.88. The van der Waals surface area contributed by atoms with Crippen LogP contribution in [-0.4, -0.2) is 30.6 Å². The summed E-state index contributed by atoms with van der Waals surface area (Å²) in [5, 5.41) is 4.60. The molecule has 2 aromatic rings. The molecule has 102 valence electrons. The lowest BCUT2D eigenvalue weighted by Crippen LogP contribution is -2.33. The number of pyridine rings is 1. The lowest BCUT2D eigenvalue weighted by Gasteiger charge is -2.16. The molecule has 0 aliphatic heterocycles. The van der Waals surface area contributed by atoms with Gasteiger partial charge in [-0.15, -0.1) is 11.6 Å². The van der Waals surface area contributed by atoms with Gasteiger partial charge in [-0.25, -0.2) is 0 Å². The zero-order valence-corrected chi connectivity index (χ0v) is 11.9. The summed E-state index contributed by atoms with van der Waals surface area (Å²) >= 11 is 5.78. The number of nitrogens with zero attached hydrogens (tertiary/aromatic N) is 1. The minimum absolute atomic E-state index is 0.274. The Hall–Kier alpha value is -1.16. The molecule has 1 aromatic heterocycles. The Balaban J connectivity index is 2.00. The summed E-state index contributed by atoms with van der Waals surface area (Å²) in [4.78, 5) is 4.63. The van der Waals surface area contributed by atoms with Gasteiger partial charge in [0.25, 0.3) is 0 Å². The minimum atomic E-state index is 0.274. The van der Waals surface area contributed by atoms with Gasteiger partial charge in [0.1, 0.15) is 0 Å². The summed E-state index contributed by atoms with van der Waals surface area (Å²) in [6, 6.07) is 12.6. The Kier molecular flexibility index (Phi) is 5.58. The summed E-state index contributed by atoms with van der Waals surface area (Å²) in [6.07, 6.45) is 0.892. The van der Waals surface area contributed by atoms with Crippen LogP contribution >= 0.6 is 11.6 Å². The van der Waals surface area contributed by atoms with E-state index in [1.54, 1.807) is 7.11 Å². The lowest BCUT2D eigenvalue weighted by atomic mass is 10.2.